The lowest BCUT2D eigenvalue weighted by atomic mass is 10.2. The van der Waals surface area contributed by atoms with E-state index in [2.05, 4.69) is 4.98 Å². The van der Waals surface area contributed by atoms with E-state index in [-0.39, 0.29) is 43.3 Å². The Kier molecular flexibility index (Phi) is 5.51. The fraction of sp³-hybridized carbons (Fsp3) is 0.533. The summed E-state index contributed by atoms with van der Waals surface area (Å²) < 4.78 is 33.2. The molecule has 0 radical (unpaired) electrons. The molecule has 2 fully saturated rings. The van der Waals surface area contributed by atoms with Crippen molar-refractivity contribution in [2.45, 2.75) is 0 Å². The van der Waals surface area contributed by atoms with Gasteiger partial charge in [-0.2, -0.15) is 17.0 Å². The Hall–Kier alpha value is -2.08. The molecular weight excluding hydrogens is 364 g/mol. The van der Waals surface area contributed by atoms with Gasteiger partial charge in [0, 0.05) is 51.0 Å². The molecule has 0 aromatic carbocycles. The molecule has 3 heterocycles. The van der Waals surface area contributed by atoms with Crippen molar-refractivity contribution in [3.8, 4) is 0 Å². The van der Waals surface area contributed by atoms with Crippen molar-refractivity contribution < 1.29 is 27.9 Å². The Balaban J connectivity index is 1.63. The number of hydrogen-bond acceptors (Lipinski definition) is 6. The number of amides is 1. The van der Waals surface area contributed by atoms with Crippen LogP contribution in [0.25, 0.3) is 0 Å². The van der Waals surface area contributed by atoms with E-state index in [1.165, 1.54) is 31.8 Å². The molecule has 142 valence electrons. The van der Waals surface area contributed by atoms with E-state index in [9.17, 15) is 18.0 Å². The number of pyridine rings is 1. The molecule has 0 saturated carbocycles. The third-order valence-electron chi connectivity index (χ3n) is 4.37. The van der Waals surface area contributed by atoms with Crippen molar-refractivity contribution in [3.05, 3.63) is 29.6 Å². The van der Waals surface area contributed by atoms with Crippen LogP contribution in [-0.2, 0) is 14.9 Å². The highest BCUT2D eigenvalue weighted by atomic mass is 32.2. The Labute approximate surface area is 151 Å². The van der Waals surface area contributed by atoms with Crippen molar-refractivity contribution in [2.75, 3.05) is 52.5 Å². The van der Waals surface area contributed by atoms with E-state index in [1.54, 1.807) is 0 Å². The van der Waals surface area contributed by atoms with E-state index >= 15 is 0 Å². The van der Waals surface area contributed by atoms with E-state index in [0.29, 0.717) is 26.3 Å². The average molecular weight is 384 g/mol. The monoisotopic (exact) mass is 384 g/mol. The number of piperazine rings is 1. The first-order chi connectivity index (χ1) is 12.4. The third-order valence-corrected chi connectivity index (χ3v) is 6.41. The maximum Gasteiger partial charge on any atom is 0.354 e. The summed E-state index contributed by atoms with van der Waals surface area (Å²) in [5.74, 6) is -1.54. The lowest BCUT2D eigenvalue weighted by molar-refractivity contribution is 0.0636. The van der Waals surface area contributed by atoms with Gasteiger partial charge in [0.2, 0.25) is 0 Å². The Morgan fingerprint density at radius 3 is 2.27 bits per heavy atom. The predicted octanol–water partition coefficient (Wildman–Crippen LogP) is -0.885. The van der Waals surface area contributed by atoms with Crippen LogP contribution < -0.4 is 0 Å². The van der Waals surface area contributed by atoms with Gasteiger partial charge in [-0.1, -0.05) is 0 Å². The second kappa shape index (κ2) is 7.66. The SMILES string of the molecule is O=C(O)c1cc(C(=O)N2CCN(S(=O)(=O)N3CCOCC3)CC2)ccn1. The number of carbonyl (C=O) groups is 2. The number of aromatic nitrogens is 1. The van der Waals surface area contributed by atoms with Crippen molar-refractivity contribution in [1.29, 1.82) is 0 Å². The van der Waals surface area contributed by atoms with Gasteiger partial charge in [0.1, 0.15) is 5.69 Å². The van der Waals surface area contributed by atoms with Crippen LogP contribution in [0.3, 0.4) is 0 Å². The molecule has 26 heavy (non-hydrogen) atoms. The van der Waals surface area contributed by atoms with Crippen molar-refractivity contribution >= 4 is 22.1 Å². The van der Waals surface area contributed by atoms with Gasteiger partial charge in [0.25, 0.3) is 16.1 Å². The number of carbonyl (C=O) groups excluding carboxylic acids is 1. The standard InChI is InChI=1S/C15H20N4O6S/c20-14(12-1-2-16-13(11-12)15(21)22)17-3-5-18(6-4-17)26(23,24)19-7-9-25-10-8-19/h1-2,11H,3-10H2,(H,21,22). The first-order valence-electron chi connectivity index (χ1n) is 8.21. The second-order valence-electron chi connectivity index (χ2n) is 5.95. The van der Waals surface area contributed by atoms with E-state index in [4.69, 9.17) is 9.84 Å². The zero-order valence-corrected chi connectivity index (χ0v) is 14.9. The molecule has 0 spiro atoms. The van der Waals surface area contributed by atoms with Crippen molar-refractivity contribution in [1.82, 2.24) is 18.5 Å². The molecule has 11 heteroatoms. The van der Waals surface area contributed by atoms with Crippen LogP contribution >= 0.6 is 0 Å². The number of carboxylic acid groups (broad SMARTS) is 1. The fourth-order valence-corrected chi connectivity index (χ4v) is 4.49. The molecule has 1 aromatic heterocycles. The molecule has 2 aliphatic rings. The average Bonchev–Trinajstić information content (AvgIpc) is 2.68. The summed E-state index contributed by atoms with van der Waals surface area (Å²) in [7, 11) is -3.56. The van der Waals surface area contributed by atoms with Crippen LogP contribution in [0.2, 0.25) is 0 Å². The fourth-order valence-electron chi connectivity index (χ4n) is 2.93. The molecule has 2 saturated heterocycles. The lowest BCUT2D eigenvalue weighted by Crippen LogP contribution is -2.55. The molecule has 0 atom stereocenters. The van der Waals surface area contributed by atoms with Crippen molar-refractivity contribution in [2.24, 2.45) is 0 Å². The third kappa shape index (κ3) is 3.85. The molecule has 10 nitrogen and oxygen atoms in total. The molecule has 0 bridgehead atoms. The molecular formula is C15H20N4O6S. The summed E-state index contributed by atoms with van der Waals surface area (Å²) in [5.41, 5.74) is 0.0197. The minimum Gasteiger partial charge on any atom is -0.477 e. The molecule has 2 aliphatic heterocycles. The largest absolute Gasteiger partial charge is 0.477 e. The van der Waals surface area contributed by atoms with Gasteiger partial charge >= 0.3 is 5.97 Å². The van der Waals surface area contributed by atoms with Gasteiger partial charge in [-0.05, 0) is 12.1 Å². The normalized spacial score (nSPS) is 20.1. The van der Waals surface area contributed by atoms with Gasteiger partial charge in [-0.15, -0.1) is 0 Å². The second-order valence-corrected chi connectivity index (χ2v) is 7.87. The number of rotatable bonds is 4. The van der Waals surface area contributed by atoms with Gasteiger partial charge in [-0.25, -0.2) is 9.78 Å². The zero-order chi connectivity index (χ0) is 18.7. The first kappa shape index (κ1) is 18.7. The van der Waals surface area contributed by atoms with Crippen LogP contribution in [0.1, 0.15) is 20.8 Å². The first-order valence-corrected chi connectivity index (χ1v) is 9.61. The van der Waals surface area contributed by atoms with E-state index in [1.807, 2.05) is 0 Å². The highest BCUT2D eigenvalue weighted by Crippen LogP contribution is 2.16. The van der Waals surface area contributed by atoms with Crippen LogP contribution in [-0.4, -0.2) is 96.4 Å². The number of ether oxygens (including phenoxy) is 1. The summed E-state index contributed by atoms with van der Waals surface area (Å²) >= 11 is 0. The van der Waals surface area contributed by atoms with Gasteiger partial charge < -0.3 is 14.7 Å². The molecule has 1 amide bonds. The molecule has 1 N–H and O–H groups in total. The smallest absolute Gasteiger partial charge is 0.354 e. The summed E-state index contributed by atoms with van der Waals surface area (Å²) in [4.78, 5) is 28.7. The molecule has 3 rings (SSSR count). The zero-order valence-electron chi connectivity index (χ0n) is 14.1. The molecule has 0 aliphatic carbocycles. The van der Waals surface area contributed by atoms with Gasteiger partial charge in [0.05, 0.1) is 13.2 Å². The number of aromatic carboxylic acids is 1. The molecule has 1 aromatic rings. The molecule has 0 unspecified atom stereocenters. The van der Waals surface area contributed by atoms with E-state index in [0.717, 1.165) is 0 Å². The number of nitrogens with zero attached hydrogens (tertiary/aromatic N) is 4. The van der Waals surface area contributed by atoms with Gasteiger partial charge in [0.15, 0.2) is 0 Å². The Morgan fingerprint density at radius 1 is 1.04 bits per heavy atom. The summed E-state index contributed by atoms with van der Waals surface area (Å²) in [6, 6.07) is 2.67. The highest BCUT2D eigenvalue weighted by Gasteiger charge is 2.34. The predicted molar refractivity (Wildman–Crippen MR) is 90.0 cm³/mol. The Morgan fingerprint density at radius 2 is 1.65 bits per heavy atom. The quantitative estimate of drug-likeness (QED) is 0.715. The number of hydrogen-bond donors (Lipinski definition) is 1. The highest BCUT2D eigenvalue weighted by molar-refractivity contribution is 7.86. The summed E-state index contributed by atoms with van der Waals surface area (Å²) in [5, 5.41) is 8.98. The van der Waals surface area contributed by atoms with Crippen LogP contribution in [0.5, 0.6) is 0 Å². The van der Waals surface area contributed by atoms with Crippen LogP contribution in [0, 0.1) is 0 Å². The summed E-state index contributed by atoms with van der Waals surface area (Å²) in [6.07, 6.45) is 1.27. The maximum absolute atomic E-state index is 12.6. The summed E-state index contributed by atoms with van der Waals surface area (Å²) in [6.45, 7) is 2.30. The van der Waals surface area contributed by atoms with Crippen molar-refractivity contribution in [3.63, 3.8) is 0 Å². The minimum absolute atomic E-state index is 0.197. The number of morpholine rings is 1. The Bertz CT molecular complexity index is 785. The van der Waals surface area contributed by atoms with Crippen LogP contribution in [0.4, 0.5) is 0 Å². The van der Waals surface area contributed by atoms with Crippen LogP contribution in [0.15, 0.2) is 18.3 Å². The minimum atomic E-state index is -3.56. The number of carboxylic acids is 1. The van der Waals surface area contributed by atoms with Gasteiger partial charge in [-0.3, -0.25) is 4.79 Å². The maximum atomic E-state index is 12.6. The van der Waals surface area contributed by atoms with E-state index < -0.39 is 16.2 Å². The topological polar surface area (TPSA) is 120 Å². The lowest BCUT2D eigenvalue weighted by Gasteiger charge is -2.37.